The van der Waals surface area contributed by atoms with Gasteiger partial charge in [0.1, 0.15) is 5.92 Å². The van der Waals surface area contributed by atoms with Gasteiger partial charge in [-0.2, -0.15) is 0 Å². The Labute approximate surface area is 99.0 Å². The SMILES string of the molecule is O=C(O)[C@@H]1[C@H](C(=O)N2CCCC2)[C@@H]2C=C[C@@H]1O2. The van der Waals surface area contributed by atoms with Crippen LogP contribution in [0.15, 0.2) is 12.2 Å². The molecule has 2 fully saturated rings. The van der Waals surface area contributed by atoms with Crippen LogP contribution < -0.4 is 0 Å². The van der Waals surface area contributed by atoms with Crippen molar-refractivity contribution in [3.63, 3.8) is 0 Å². The number of carbonyl (C=O) groups is 2. The van der Waals surface area contributed by atoms with Crippen LogP contribution in [0.4, 0.5) is 0 Å². The Kier molecular flexibility index (Phi) is 2.43. The topological polar surface area (TPSA) is 66.8 Å². The number of hydrogen-bond acceptors (Lipinski definition) is 3. The molecule has 92 valence electrons. The van der Waals surface area contributed by atoms with E-state index in [1.807, 2.05) is 6.08 Å². The highest BCUT2D eigenvalue weighted by molar-refractivity contribution is 5.87. The standard InChI is InChI=1S/C12H15NO4/c14-11(13-5-1-2-6-13)9-7-3-4-8(17-7)10(9)12(15)16/h3-4,7-10H,1-2,5-6H2,(H,15,16)/t7-,8-,9+,10-/m0/s1. The third kappa shape index (κ3) is 1.57. The minimum absolute atomic E-state index is 0.0493. The van der Waals surface area contributed by atoms with Gasteiger partial charge in [-0.3, -0.25) is 9.59 Å². The minimum atomic E-state index is -0.931. The lowest BCUT2D eigenvalue weighted by molar-refractivity contribution is -0.149. The van der Waals surface area contributed by atoms with Crippen molar-refractivity contribution in [3.05, 3.63) is 12.2 Å². The van der Waals surface area contributed by atoms with Crippen molar-refractivity contribution in [2.45, 2.75) is 25.0 Å². The van der Waals surface area contributed by atoms with Crippen LogP contribution in [0.3, 0.4) is 0 Å². The second kappa shape index (κ2) is 3.84. The van der Waals surface area contributed by atoms with E-state index in [0.717, 1.165) is 25.9 Å². The Morgan fingerprint density at radius 3 is 2.29 bits per heavy atom. The molecule has 0 aromatic rings. The van der Waals surface area contributed by atoms with Gasteiger partial charge in [0.15, 0.2) is 0 Å². The molecule has 5 heteroatoms. The maximum Gasteiger partial charge on any atom is 0.310 e. The molecule has 0 aliphatic carbocycles. The first-order valence-corrected chi connectivity index (χ1v) is 6.04. The van der Waals surface area contributed by atoms with E-state index < -0.39 is 23.9 Å². The van der Waals surface area contributed by atoms with E-state index in [1.165, 1.54) is 0 Å². The maximum atomic E-state index is 12.3. The summed E-state index contributed by atoms with van der Waals surface area (Å²) in [6.07, 6.45) is 4.85. The average Bonchev–Trinajstić information content (AvgIpc) is 3.02. The van der Waals surface area contributed by atoms with Crippen LogP contribution in [0.2, 0.25) is 0 Å². The summed E-state index contributed by atoms with van der Waals surface area (Å²) in [6.45, 7) is 1.51. The Balaban J connectivity index is 1.83. The lowest BCUT2D eigenvalue weighted by Gasteiger charge is -2.25. The lowest BCUT2D eigenvalue weighted by Crippen LogP contribution is -2.43. The molecule has 0 aromatic carbocycles. The first-order valence-electron chi connectivity index (χ1n) is 6.04. The van der Waals surface area contributed by atoms with E-state index in [-0.39, 0.29) is 12.0 Å². The van der Waals surface area contributed by atoms with E-state index in [1.54, 1.807) is 11.0 Å². The predicted octanol–water partition coefficient (Wildman–Crippen LogP) is 0.263. The monoisotopic (exact) mass is 237 g/mol. The number of ether oxygens (including phenoxy) is 1. The molecule has 2 bridgehead atoms. The van der Waals surface area contributed by atoms with Crippen LogP contribution in [0, 0.1) is 11.8 Å². The molecule has 3 aliphatic heterocycles. The zero-order valence-electron chi connectivity index (χ0n) is 9.41. The number of aliphatic carboxylic acids is 1. The highest BCUT2D eigenvalue weighted by Crippen LogP contribution is 2.40. The molecular formula is C12H15NO4. The Morgan fingerprint density at radius 2 is 1.71 bits per heavy atom. The van der Waals surface area contributed by atoms with Crippen LogP contribution >= 0.6 is 0 Å². The number of likely N-dealkylation sites (tertiary alicyclic amines) is 1. The first kappa shape index (κ1) is 10.8. The first-order chi connectivity index (χ1) is 8.18. The van der Waals surface area contributed by atoms with Gasteiger partial charge in [0, 0.05) is 13.1 Å². The molecule has 5 nitrogen and oxygen atoms in total. The summed E-state index contributed by atoms with van der Waals surface area (Å²) >= 11 is 0. The van der Waals surface area contributed by atoms with Gasteiger partial charge < -0.3 is 14.7 Å². The molecule has 3 rings (SSSR count). The molecule has 3 aliphatic rings. The second-order valence-corrected chi connectivity index (χ2v) is 4.87. The van der Waals surface area contributed by atoms with Gasteiger partial charge in [-0.1, -0.05) is 12.2 Å². The van der Waals surface area contributed by atoms with Crippen molar-refractivity contribution in [1.82, 2.24) is 4.90 Å². The number of carboxylic acids is 1. The molecule has 1 amide bonds. The van der Waals surface area contributed by atoms with E-state index >= 15 is 0 Å². The van der Waals surface area contributed by atoms with Crippen molar-refractivity contribution in [1.29, 1.82) is 0 Å². The van der Waals surface area contributed by atoms with Gasteiger partial charge in [-0.25, -0.2) is 0 Å². The van der Waals surface area contributed by atoms with Crippen molar-refractivity contribution in [2.75, 3.05) is 13.1 Å². The number of carbonyl (C=O) groups excluding carboxylic acids is 1. The summed E-state index contributed by atoms with van der Waals surface area (Å²) < 4.78 is 5.50. The molecule has 17 heavy (non-hydrogen) atoms. The highest BCUT2D eigenvalue weighted by Gasteiger charge is 2.54. The van der Waals surface area contributed by atoms with Crippen molar-refractivity contribution in [3.8, 4) is 0 Å². The Morgan fingerprint density at radius 1 is 1.12 bits per heavy atom. The van der Waals surface area contributed by atoms with Gasteiger partial charge in [-0.15, -0.1) is 0 Å². The molecule has 0 spiro atoms. The third-order valence-electron chi connectivity index (χ3n) is 3.89. The number of rotatable bonds is 2. The molecule has 0 aromatic heterocycles. The summed E-state index contributed by atoms with van der Waals surface area (Å²) in [7, 11) is 0. The Bertz CT molecular complexity index is 386. The van der Waals surface area contributed by atoms with Gasteiger partial charge in [0.2, 0.25) is 5.91 Å². The third-order valence-corrected chi connectivity index (χ3v) is 3.89. The highest BCUT2D eigenvalue weighted by atomic mass is 16.5. The van der Waals surface area contributed by atoms with Crippen LogP contribution in [-0.4, -0.2) is 47.2 Å². The molecule has 2 saturated heterocycles. The largest absolute Gasteiger partial charge is 0.481 e. The average molecular weight is 237 g/mol. The van der Waals surface area contributed by atoms with E-state index in [2.05, 4.69) is 0 Å². The van der Waals surface area contributed by atoms with E-state index in [9.17, 15) is 14.7 Å². The van der Waals surface area contributed by atoms with Gasteiger partial charge in [0.25, 0.3) is 0 Å². The molecule has 3 heterocycles. The summed E-state index contributed by atoms with van der Waals surface area (Å²) in [5, 5.41) is 9.21. The van der Waals surface area contributed by atoms with Crippen LogP contribution in [0.5, 0.6) is 0 Å². The van der Waals surface area contributed by atoms with Crippen LogP contribution in [-0.2, 0) is 14.3 Å². The predicted molar refractivity (Wildman–Crippen MR) is 58.2 cm³/mol. The quantitative estimate of drug-likeness (QED) is 0.700. The smallest absolute Gasteiger partial charge is 0.310 e. The molecule has 0 saturated carbocycles. The van der Waals surface area contributed by atoms with E-state index in [4.69, 9.17) is 4.74 Å². The van der Waals surface area contributed by atoms with Crippen LogP contribution in [0.1, 0.15) is 12.8 Å². The van der Waals surface area contributed by atoms with Gasteiger partial charge in [-0.05, 0) is 12.8 Å². The maximum absolute atomic E-state index is 12.3. The minimum Gasteiger partial charge on any atom is -0.481 e. The number of nitrogens with zero attached hydrogens (tertiary/aromatic N) is 1. The number of fused-ring (bicyclic) bond motifs is 2. The zero-order valence-corrected chi connectivity index (χ0v) is 9.41. The number of carboxylic acid groups (broad SMARTS) is 1. The number of hydrogen-bond donors (Lipinski definition) is 1. The molecule has 4 atom stereocenters. The molecular weight excluding hydrogens is 222 g/mol. The number of amides is 1. The molecule has 1 N–H and O–H groups in total. The van der Waals surface area contributed by atoms with E-state index in [0.29, 0.717) is 0 Å². The summed E-state index contributed by atoms with van der Waals surface area (Å²) in [4.78, 5) is 25.3. The summed E-state index contributed by atoms with van der Waals surface area (Å²) in [5.74, 6) is -2.22. The van der Waals surface area contributed by atoms with Gasteiger partial charge >= 0.3 is 5.97 Å². The summed E-state index contributed by atoms with van der Waals surface area (Å²) in [5.41, 5.74) is 0. The normalized spacial score (nSPS) is 38.9. The van der Waals surface area contributed by atoms with Crippen LogP contribution in [0.25, 0.3) is 0 Å². The lowest BCUT2D eigenvalue weighted by atomic mass is 9.82. The van der Waals surface area contributed by atoms with Crippen molar-refractivity contribution < 1.29 is 19.4 Å². The van der Waals surface area contributed by atoms with Crippen molar-refractivity contribution in [2.24, 2.45) is 11.8 Å². The second-order valence-electron chi connectivity index (χ2n) is 4.87. The summed E-state index contributed by atoms with van der Waals surface area (Å²) in [6, 6.07) is 0. The fourth-order valence-corrected chi connectivity index (χ4v) is 3.05. The van der Waals surface area contributed by atoms with Crippen molar-refractivity contribution >= 4 is 11.9 Å². The molecule has 0 unspecified atom stereocenters. The van der Waals surface area contributed by atoms with Gasteiger partial charge in [0.05, 0.1) is 18.1 Å². The fourth-order valence-electron chi connectivity index (χ4n) is 3.05. The zero-order chi connectivity index (χ0) is 12.0. The Hall–Kier alpha value is -1.36. The molecule has 0 radical (unpaired) electrons. The fraction of sp³-hybridized carbons (Fsp3) is 0.667.